The first kappa shape index (κ1) is 10.6. The van der Waals surface area contributed by atoms with Crippen molar-refractivity contribution in [2.24, 2.45) is 0 Å². The predicted octanol–water partition coefficient (Wildman–Crippen LogP) is 1.64. The van der Waals surface area contributed by atoms with E-state index in [4.69, 9.17) is 11.2 Å². The summed E-state index contributed by atoms with van der Waals surface area (Å²) in [6.45, 7) is 1.97. The maximum absolute atomic E-state index is 11.3. The van der Waals surface area contributed by atoms with Crippen molar-refractivity contribution >= 4 is 5.97 Å². The standard InChI is InChI=1S/C11H14O3/c1-4-5-9(11(12)13-3)10-7-6-8(2)14-10/h1,8H,5-7H2,2-3H3/b10-9-/t8-/m1/s1. The van der Waals surface area contributed by atoms with Gasteiger partial charge in [0.25, 0.3) is 0 Å². The Hall–Kier alpha value is -1.43. The van der Waals surface area contributed by atoms with E-state index in [0.717, 1.165) is 12.8 Å². The molecule has 1 aliphatic rings. The summed E-state index contributed by atoms with van der Waals surface area (Å²) in [6.07, 6.45) is 7.32. The number of allylic oxidation sites excluding steroid dienone is 1. The van der Waals surface area contributed by atoms with Gasteiger partial charge in [0.15, 0.2) is 0 Å². The number of carbonyl (C=O) groups is 1. The fourth-order valence-corrected chi connectivity index (χ4v) is 1.43. The smallest absolute Gasteiger partial charge is 0.338 e. The minimum absolute atomic E-state index is 0.169. The zero-order valence-corrected chi connectivity index (χ0v) is 8.50. The van der Waals surface area contributed by atoms with Crippen LogP contribution in [0.15, 0.2) is 11.3 Å². The van der Waals surface area contributed by atoms with E-state index in [-0.39, 0.29) is 18.5 Å². The molecule has 0 saturated carbocycles. The maximum Gasteiger partial charge on any atom is 0.338 e. The van der Waals surface area contributed by atoms with Gasteiger partial charge in [0.2, 0.25) is 0 Å². The highest BCUT2D eigenvalue weighted by Gasteiger charge is 2.23. The zero-order chi connectivity index (χ0) is 10.6. The minimum Gasteiger partial charge on any atom is -0.494 e. The van der Waals surface area contributed by atoms with Crippen LogP contribution in [-0.4, -0.2) is 19.2 Å². The lowest BCUT2D eigenvalue weighted by Crippen LogP contribution is -2.08. The highest BCUT2D eigenvalue weighted by Crippen LogP contribution is 2.27. The van der Waals surface area contributed by atoms with Gasteiger partial charge in [-0.2, -0.15) is 0 Å². The Labute approximate surface area is 84.1 Å². The second kappa shape index (κ2) is 4.71. The summed E-state index contributed by atoms with van der Waals surface area (Å²) < 4.78 is 10.1. The second-order valence-corrected chi connectivity index (χ2v) is 3.24. The van der Waals surface area contributed by atoms with E-state index in [1.807, 2.05) is 6.92 Å². The van der Waals surface area contributed by atoms with Crippen LogP contribution in [-0.2, 0) is 14.3 Å². The van der Waals surface area contributed by atoms with Gasteiger partial charge in [0.05, 0.1) is 18.8 Å². The Morgan fingerprint density at radius 1 is 1.79 bits per heavy atom. The molecule has 0 aliphatic carbocycles. The van der Waals surface area contributed by atoms with Crippen LogP contribution in [0.5, 0.6) is 0 Å². The van der Waals surface area contributed by atoms with E-state index >= 15 is 0 Å². The summed E-state index contributed by atoms with van der Waals surface area (Å²) in [4.78, 5) is 11.3. The molecule has 1 rings (SSSR count). The number of ether oxygens (including phenoxy) is 2. The van der Waals surface area contributed by atoms with Crippen LogP contribution in [0.4, 0.5) is 0 Å². The van der Waals surface area contributed by atoms with Gasteiger partial charge in [-0.1, -0.05) is 0 Å². The lowest BCUT2D eigenvalue weighted by molar-refractivity contribution is -0.136. The molecule has 0 aromatic heterocycles. The number of methoxy groups -OCH3 is 1. The van der Waals surface area contributed by atoms with Gasteiger partial charge in [-0.05, 0) is 13.3 Å². The molecule has 0 spiro atoms. The van der Waals surface area contributed by atoms with Gasteiger partial charge in [-0.3, -0.25) is 0 Å². The first-order valence-corrected chi connectivity index (χ1v) is 4.59. The topological polar surface area (TPSA) is 35.5 Å². The molecule has 0 amide bonds. The number of carbonyl (C=O) groups excluding carboxylic acids is 1. The van der Waals surface area contributed by atoms with E-state index in [0.29, 0.717) is 11.3 Å². The van der Waals surface area contributed by atoms with E-state index < -0.39 is 0 Å². The summed E-state index contributed by atoms with van der Waals surface area (Å²) in [7, 11) is 1.35. The Bertz CT molecular complexity index is 296. The molecule has 0 aromatic rings. The third-order valence-corrected chi connectivity index (χ3v) is 2.17. The molecule has 0 bridgehead atoms. The quantitative estimate of drug-likeness (QED) is 0.381. The Balaban J connectivity index is 2.86. The monoisotopic (exact) mass is 194 g/mol. The molecule has 1 aliphatic heterocycles. The Kier molecular flexibility index (Phi) is 3.58. The Morgan fingerprint density at radius 2 is 2.50 bits per heavy atom. The molecule has 0 radical (unpaired) electrons. The van der Waals surface area contributed by atoms with E-state index in [1.54, 1.807) is 0 Å². The lowest BCUT2D eigenvalue weighted by Gasteiger charge is -2.08. The fourth-order valence-electron chi connectivity index (χ4n) is 1.43. The number of hydrogen-bond acceptors (Lipinski definition) is 3. The van der Waals surface area contributed by atoms with Gasteiger partial charge in [-0.25, -0.2) is 4.79 Å². The minimum atomic E-state index is -0.382. The van der Waals surface area contributed by atoms with Crippen molar-refractivity contribution in [1.29, 1.82) is 0 Å². The van der Waals surface area contributed by atoms with Crippen molar-refractivity contribution in [2.45, 2.75) is 32.3 Å². The van der Waals surface area contributed by atoms with Crippen molar-refractivity contribution in [3.63, 3.8) is 0 Å². The summed E-state index contributed by atoms with van der Waals surface area (Å²) in [5.74, 6) is 2.75. The molecule has 14 heavy (non-hydrogen) atoms. The molecule has 76 valence electrons. The van der Waals surface area contributed by atoms with E-state index in [9.17, 15) is 4.79 Å². The average molecular weight is 194 g/mol. The molecule has 0 unspecified atom stereocenters. The van der Waals surface area contributed by atoms with Crippen molar-refractivity contribution < 1.29 is 14.3 Å². The van der Waals surface area contributed by atoms with E-state index in [2.05, 4.69) is 10.7 Å². The number of terminal acetylenes is 1. The van der Waals surface area contributed by atoms with Gasteiger partial charge in [0, 0.05) is 12.8 Å². The summed E-state index contributed by atoms with van der Waals surface area (Å²) in [5.41, 5.74) is 0.486. The summed E-state index contributed by atoms with van der Waals surface area (Å²) in [6, 6.07) is 0. The van der Waals surface area contributed by atoms with Crippen molar-refractivity contribution in [1.82, 2.24) is 0 Å². The van der Waals surface area contributed by atoms with Crippen LogP contribution < -0.4 is 0 Å². The van der Waals surface area contributed by atoms with Crippen LogP contribution in [0.3, 0.4) is 0 Å². The molecule has 3 heteroatoms. The van der Waals surface area contributed by atoms with Crippen LogP contribution in [0.1, 0.15) is 26.2 Å². The van der Waals surface area contributed by atoms with Crippen LogP contribution >= 0.6 is 0 Å². The number of hydrogen-bond donors (Lipinski definition) is 0. The van der Waals surface area contributed by atoms with Crippen molar-refractivity contribution in [3.05, 3.63) is 11.3 Å². The highest BCUT2D eigenvalue weighted by molar-refractivity contribution is 5.89. The third-order valence-electron chi connectivity index (χ3n) is 2.17. The second-order valence-electron chi connectivity index (χ2n) is 3.24. The molecule has 1 heterocycles. The molecule has 1 fully saturated rings. The largest absolute Gasteiger partial charge is 0.494 e. The highest BCUT2D eigenvalue weighted by atomic mass is 16.5. The third kappa shape index (κ3) is 2.29. The molecule has 1 saturated heterocycles. The first-order valence-electron chi connectivity index (χ1n) is 4.59. The lowest BCUT2D eigenvalue weighted by atomic mass is 10.1. The fraction of sp³-hybridized carbons (Fsp3) is 0.545. The van der Waals surface area contributed by atoms with Crippen LogP contribution in [0.25, 0.3) is 0 Å². The molecular weight excluding hydrogens is 180 g/mol. The molecular formula is C11H14O3. The first-order chi connectivity index (χ1) is 6.69. The van der Waals surface area contributed by atoms with E-state index in [1.165, 1.54) is 7.11 Å². The van der Waals surface area contributed by atoms with Gasteiger partial charge in [-0.15, -0.1) is 12.3 Å². The molecule has 3 nitrogen and oxygen atoms in total. The molecule has 1 atom stereocenters. The normalized spacial score (nSPS) is 23.6. The maximum atomic E-state index is 11.3. The van der Waals surface area contributed by atoms with Gasteiger partial charge in [0.1, 0.15) is 5.76 Å². The SMILES string of the molecule is C#CC/C(C(=O)OC)=C1\CC[C@@H](C)O1. The zero-order valence-electron chi connectivity index (χ0n) is 8.50. The van der Waals surface area contributed by atoms with Crippen LogP contribution in [0, 0.1) is 12.3 Å². The summed E-state index contributed by atoms with van der Waals surface area (Å²) in [5, 5.41) is 0. The van der Waals surface area contributed by atoms with Crippen molar-refractivity contribution in [3.8, 4) is 12.3 Å². The Morgan fingerprint density at radius 3 is 2.93 bits per heavy atom. The van der Waals surface area contributed by atoms with Crippen molar-refractivity contribution in [2.75, 3.05) is 7.11 Å². The molecule has 0 aromatic carbocycles. The predicted molar refractivity (Wildman–Crippen MR) is 52.3 cm³/mol. The number of rotatable bonds is 2. The number of esters is 1. The van der Waals surface area contributed by atoms with Crippen LogP contribution in [0.2, 0.25) is 0 Å². The van der Waals surface area contributed by atoms with Gasteiger partial charge >= 0.3 is 5.97 Å². The average Bonchev–Trinajstić information content (AvgIpc) is 2.60. The van der Waals surface area contributed by atoms with Gasteiger partial charge < -0.3 is 9.47 Å². The molecule has 0 N–H and O–H groups in total. The summed E-state index contributed by atoms with van der Waals surface area (Å²) >= 11 is 0.